The van der Waals surface area contributed by atoms with Crippen LogP contribution in [0.3, 0.4) is 0 Å². The molecule has 0 bridgehead atoms. The molecule has 2 N–H and O–H groups in total. The normalized spacial score (nSPS) is 9.74. The summed E-state index contributed by atoms with van der Waals surface area (Å²) in [4.78, 5) is 16.5. The number of aromatic nitrogens is 1. The fraction of sp³-hybridized carbons (Fsp3) is 0.500. The van der Waals surface area contributed by atoms with Crippen LogP contribution in [0.25, 0.3) is 0 Å². The van der Waals surface area contributed by atoms with Gasteiger partial charge in [-0.05, 0) is 12.1 Å². The van der Waals surface area contributed by atoms with Crippen molar-refractivity contribution in [3.63, 3.8) is 0 Å². The zero-order chi connectivity index (χ0) is 13.1. The molecule has 0 fully saturated rings. The smallest absolute Gasteiger partial charge is 0.230 e. The number of methoxy groups -OCH3 is 1. The van der Waals surface area contributed by atoms with E-state index in [1.54, 1.807) is 19.5 Å². The van der Waals surface area contributed by atoms with E-state index >= 15 is 0 Å². The number of nitrogens with zero attached hydrogens (tertiary/aromatic N) is 1. The number of pyridine rings is 1. The Morgan fingerprint density at radius 2 is 2.05 bits per heavy atom. The lowest BCUT2D eigenvalue weighted by Gasteiger charge is -2.06. The quantitative estimate of drug-likeness (QED) is 0.525. The highest BCUT2D eigenvalue weighted by Gasteiger charge is 2.01. The number of thioether (sulfide) groups is 1. The van der Waals surface area contributed by atoms with Crippen LogP contribution in [0.1, 0.15) is 0 Å². The summed E-state index contributed by atoms with van der Waals surface area (Å²) in [5.41, 5.74) is 0. The summed E-state index contributed by atoms with van der Waals surface area (Å²) in [6.07, 6.45) is 3.44. The number of carbonyl (C=O) groups excluding carboxylic acids is 1. The topological polar surface area (TPSA) is 63.2 Å². The second-order valence-corrected chi connectivity index (χ2v) is 4.61. The van der Waals surface area contributed by atoms with Gasteiger partial charge in [0.15, 0.2) is 0 Å². The summed E-state index contributed by atoms with van der Waals surface area (Å²) < 4.78 is 4.90. The van der Waals surface area contributed by atoms with Crippen molar-refractivity contribution >= 4 is 30.1 Å². The van der Waals surface area contributed by atoms with Crippen LogP contribution < -0.4 is 10.6 Å². The van der Waals surface area contributed by atoms with Gasteiger partial charge in [-0.3, -0.25) is 9.78 Å². The second-order valence-electron chi connectivity index (χ2n) is 3.56. The van der Waals surface area contributed by atoms with Crippen LogP contribution in [0.2, 0.25) is 0 Å². The van der Waals surface area contributed by atoms with Gasteiger partial charge in [0.05, 0.1) is 12.4 Å². The molecule has 0 aliphatic rings. The van der Waals surface area contributed by atoms with Crippen molar-refractivity contribution in [3.8, 4) is 0 Å². The molecule has 0 aromatic carbocycles. The minimum atomic E-state index is 0. The van der Waals surface area contributed by atoms with E-state index in [0.29, 0.717) is 18.9 Å². The molecule has 0 spiro atoms. The Kier molecular flexibility index (Phi) is 11.7. The van der Waals surface area contributed by atoms with Crippen molar-refractivity contribution in [1.82, 2.24) is 15.6 Å². The van der Waals surface area contributed by atoms with E-state index in [-0.39, 0.29) is 18.3 Å². The number of carbonyl (C=O) groups is 1. The summed E-state index contributed by atoms with van der Waals surface area (Å²) >= 11 is 1.51. The van der Waals surface area contributed by atoms with Gasteiger partial charge in [-0.1, -0.05) is 0 Å². The van der Waals surface area contributed by atoms with Crippen LogP contribution in [-0.4, -0.2) is 50.0 Å². The summed E-state index contributed by atoms with van der Waals surface area (Å²) in [6, 6.07) is 3.79. The Hall–Kier alpha value is -0.820. The molecule has 1 heterocycles. The lowest BCUT2D eigenvalue weighted by Crippen LogP contribution is -2.33. The van der Waals surface area contributed by atoms with Gasteiger partial charge in [-0.15, -0.1) is 24.2 Å². The van der Waals surface area contributed by atoms with E-state index in [1.807, 2.05) is 12.1 Å². The number of hydrogen-bond acceptors (Lipinski definition) is 5. The van der Waals surface area contributed by atoms with Crippen molar-refractivity contribution in [2.75, 3.05) is 39.1 Å². The minimum Gasteiger partial charge on any atom is -0.383 e. The molecule has 0 atom stereocenters. The minimum absolute atomic E-state index is 0. The van der Waals surface area contributed by atoms with Gasteiger partial charge in [-0.2, -0.15) is 0 Å². The van der Waals surface area contributed by atoms with Crippen LogP contribution in [0.15, 0.2) is 29.4 Å². The molecular weight excluding hydrogens is 286 g/mol. The van der Waals surface area contributed by atoms with E-state index in [2.05, 4.69) is 15.6 Å². The lowest BCUT2D eigenvalue weighted by molar-refractivity contribution is -0.118. The largest absolute Gasteiger partial charge is 0.383 e. The van der Waals surface area contributed by atoms with Gasteiger partial charge in [0.2, 0.25) is 5.91 Å². The number of amides is 1. The highest BCUT2D eigenvalue weighted by molar-refractivity contribution is 8.00. The second kappa shape index (κ2) is 12.2. The average molecular weight is 306 g/mol. The standard InChI is InChI=1S/C12H19N3O2S.ClH/c1-17-9-8-14-6-7-15-12(16)10-18-11-2-4-13-5-3-11;/h2-5,14H,6-10H2,1H3,(H,15,16);1H. The molecule has 0 aliphatic carbocycles. The van der Waals surface area contributed by atoms with Gasteiger partial charge in [-0.25, -0.2) is 0 Å². The number of nitrogens with one attached hydrogen (secondary N) is 2. The predicted octanol–water partition coefficient (Wildman–Crippen LogP) is 0.948. The molecule has 0 unspecified atom stereocenters. The van der Waals surface area contributed by atoms with Crippen LogP contribution in [0, 0.1) is 0 Å². The Morgan fingerprint density at radius 1 is 1.32 bits per heavy atom. The van der Waals surface area contributed by atoms with Crippen LogP contribution in [-0.2, 0) is 9.53 Å². The highest BCUT2D eigenvalue weighted by Crippen LogP contribution is 2.15. The maximum atomic E-state index is 11.5. The molecule has 5 nitrogen and oxygen atoms in total. The van der Waals surface area contributed by atoms with Crippen LogP contribution in [0.4, 0.5) is 0 Å². The van der Waals surface area contributed by atoms with Gasteiger partial charge < -0.3 is 15.4 Å². The van der Waals surface area contributed by atoms with Gasteiger partial charge in [0.1, 0.15) is 0 Å². The SMILES string of the molecule is COCCNCCNC(=O)CSc1ccncc1.Cl. The van der Waals surface area contributed by atoms with E-state index in [0.717, 1.165) is 18.0 Å². The van der Waals surface area contributed by atoms with Crippen LogP contribution >= 0.6 is 24.2 Å². The van der Waals surface area contributed by atoms with Gasteiger partial charge >= 0.3 is 0 Å². The number of halogens is 1. The zero-order valence-corrected chi connectivity index (χ0v) is 12.6. The predicted molar refractivity (Wildman–Crippen MR) is 80.0 cm³/mol. The Balaban J connectivity index is 0.00000324. The molecule has 7 heteroatoms. The highest BCUT2D eigenvalue weighted by atomic mass is 35.5. The molecule has 0 saturated heterocycles. The molecule has 1 rings (SSSR count). The van der Waals surface area contributed by atoms with Crippen molar-refractivity contribution in [3.05, 3.63) is 24.5 Å². The third kappa shape index (κ3) is 9.72. The van der Waals surface area contributed by atoms with Crippen molar-refractivity contribution < 1.29 is 9.53 Å². The van der Waals surface area contributed by atoms with Crippen LogP contribution in [0.5, 0.6) is 0 Å². The summed E-state index contributed by atoms with van der Waals surface area (Å²) in [6.45, 7) is 2.89. The number of rotatable bonds is 9. The number of ether oxygens (including phenoxy) is 1. The van der Waals surface area contributed by atoms with Gasteiger partial charge in [0.25, 0.3) is 0 Å². The molecule has 19 heavy (non-hydrogen) atoms. The molecule has 108 valence electrons. The lowest BCUT2D eigenvalue weighted by atomic mass is 10.5. The first-order chi connectivity index (χ1) is 8.83. The fourth-order valence-corrected chi connectivity index (χ4v) is 1.94. The Morgan fingerprint density at radius 3 is 2.74 bits per heavy atom. The third-order valence-electron chi connectivity index (χ3n) is 2.13. The average Bonchev–Trinajstić information content (AvgIpc) is 2.41. The molecule has 1 aromatic heterocycles. The molecule has 0 radical (unpaired) electrons. The summed E-state index contributed by atoms with van der Waals surface area (Å²) in [5.74, 6) is 0.479. The van der Waals surface area contributed by atoms with Gasteiger partial charge in [0, 0.05) is 44.0 Å². The van der Waals surface area contributed by atoms with E-state index in [4.69, 9.17) is 4.74 Å². The molecule has 1 aromatic rings. The van der Waals surface area contributed by atoms with Crippen molar-refractivity contribution in [1.29, 1.82) is 0 Å². The molecule has 1 amide bonds. The summed E-state index contributed by atoms with van der Waals surface area (Å²) in [5, 5.41) is 6.01. The first-order valence-electron chi connectivity index (χ1n) is 5.82. The third-order valence-corrected chi connectivity index (χ3v) is 3.14. The molecular formula is C12H20ClN3O2S. The first-order valence-corrected chi connectivity index (χ1v) is 6.80. The van der Waals surface area contributed by atoms with E-state index < -0.39 is 0 Å². The maximum absolute atomic E-state index is 11.5. The molecule has 0 saturated carbocycles. The number of hydrogen-bond donors (Lipinski definition) is 2. The Labute approximate surface area is 124 Å². The summed E-state index contributed by atoms with van der Waals surface area (Å²) in [7, 11) is 1.67. The Bertz CT molecular complexity index is 341. The monoisotopic (exact) mass is 305 g/mol. The van der Waals surface area contributed by atoms with Crippen molar-refractivity contribution in [2.45, 2.75) is 4.90 Å². The molecule has 0 aliphatic heterocycles. The fourth-order valence-electron chi connectivity index (χ4n) is 1.22. The van der Waals surface area contributed by atoms with Crippen molar-refractivity contribution in [2.24, 2.45) is 0 Å². The van der Waals surface area contributed by atoms with E-state index in [9.17, 15) is 4.79 Å². The zero-order valence-electron chi connectivity index (χ0n) is 10.9. The maximum Gasteiger partial charge on any atom is 0.230 e. The first kappa shape index (κ1) is 18.2. The van der Waals surface area contributed by atoms with E-state index in [1.165, 1.54) is 11.8 Å².